The lowest BCUT2D eigenvalue weighted by Gasteiger charge is -2.27. The molecule has 3 aliphatic carbocycles. The molecular formula is C30H41NO3S2. The molecule has 1 unspecified atom stereocenters. The van der Waals surface area contributed by atoms with Crippen molar-refractivity contribution in [3.8, 4) is 0 Å². The number of nitrogens with one attached hydrogen (secondary N) is 1. The maximum atomic E-state index is 13.6. The highest BCUT2D eigenvalue weighted by Gasteiger charge is 2.44. The summed E-state index contributed by atoms with van der Waals surface area (Å²) < 4.78 is 0. The number of aliphatic hydroxyl groups is 2. The van der Waals surface area contributed by atoms with Crippen LogP contribution in [0.25, 0.3) is 5.57 Å². The molecule has 1 atom stereocenters. The molecule has 3 saturated carbocycles. The first-order chi connectivity index (χ1) is 17.4. The molecule has 0 spiro atoms. The number of unbranched alkanes of at least 4 members (excludes halogenated alkanes) is 1. The maximum Gasteiger partial charge on any atom is 0.256 e. The smallest absolute Gasteiger partial charge is 0.256 e. The molecule has 3 N–H and O–H groups in total. The van der Waals surface area contributed by atoms with Crippen LogP contribution in [0.4, 0.5) is 0 Å². The Morgan fingerprint density at radius 2 is 1.81 bits per heavy atom. The first kappa shape index (κ1) is 27.6. The van der Waals surface area contributed by atoms with Crippen LogP contribution < -0.4 is 5.32 Å². The van der Waals surface area contributed by atoms with Gasteiger partial charge in [0.25, 0.3) is 5.91 Å². The molecule has 36 heavy (non-hydrogen) atoms. The zero-order chi connectivity index (χ0) is 25.5. The van der Waals surface area contributed by atoms with Gasteiger partial charge in [-0.2, -0.15) is 0 Å². The van der Waals surface area contributed by atoms with Gasteiger partial charge in [-0.1, -0.05) is 62.2 Å². The number of benzene rings is 1. The average molecular weight is 528 g/mol. The largest absolute Gasteiger partial charge is 0.393 e. The van der Waals surface area contributed by atoms with Crippen molar-refractivity contribution in [1.82, 2.24) is 5.32 Å². The topological polar surface area (TPSA) is 69.6 Å². The molecule has 1 amide bonds. The van der Waals surface area contributed by atoms with Crippen molar-refractivity contribution < 1.29 is 15.0 Å². The molecule has 196 valence electrons. The molecule has 6 heteroatoms. The highest BCUT2D eigenvalue weighted by atomic mass is 32.2. The van der Waals surface area contributed by atoms with E-state index in [0.29, 0.717) is 5.92 Å². The Bertz CT molecular complexity index is 986. The van der Waals surface area contributed by atoms with Gasteiger partial charge in [-0.15, -0.1) is 11.8 Å². The minimum Gasteiger partial charge on any atom is -0.393 e. The van der Waals surface area contributed by atoms with Crippen LogP contribution in [0.15, 0.2) is 57.3 Å². The molecule has 1 aromatic rings. The van der Waals surface area contributed by atoms with E-state index >= 15 is 0 Å². The van der Waals surface area contributed by atoms with E-state index in [0.717, 1.165) is 65.5 Å². The van der Waals surface area contributed by atoms with E-state index < -0.39 is 5.60 Å². The zero-order valence-corrected chi connectivity index (χ0v) is 23.3. The summed E-state index contributed by atoms with van der Waals surface area (Å²) in [6.45, 7) is 3.71. The van der Waals surface area contributed by atoms with Crippen LogP contribution >= 0.6 is 23.5 Å². The quantitative estimate of drug-likeness (QED) is 0.240. The second-order valence-corrected chi connectivity index (χ2v) is 12.8. The number of hydrogen-bond donors (Lipinski definition) is 3. The Balaban J connectivity index is 1.51. The van der Waals surface area contributed by atoms with Crippen molar-refractivity contribution in [2.75, 3.05) is 6.61 Å². The third-order valence-corrected chi connectivity index (χ3v) is 9.78. The first-order valence-electron chi connectivity index (χ1n) is 13.6. The molecule has 0 saturated heterocycles. The Kier molecular flexibility index (Phi) is 9.84. The van der Waals surface area contributed by atoms with E-state index in [1.54, 1.807) is 0 Å². The molecular weight excluding hydrogens is 486 g/mol. The van der Waals surface area contributed by atoms with Crippen LogP contribution in [0.5, 0.6) is 0 Å². The van der Waals surface area contributed by atoms with Gasteiger partial charge in [0.1, 0.15) is 5.60 Å². The average Bonchev–Trinajstić information content (AvgIpc) is 3.83. The van der Waals surface area contributed by atoms with Crippen molar-refractivity contribution in [3.05, 3.63) is 58.0 Å². The van der Waals surface area contributed by atoms with E-state index in [9.17, 15) is 15.0 Å². The van der Waals surface area contributed by atoms with Gasteiger partial charge in [-0.05, 0) is 92.4 Å². The van der Waals surface area contributed by atoms with E-state index in [4.69, 9.17) is 0 Å². The fraction of sp³-hybridized carbons (Fsp3) is 0.567. The summed E-state index contributed by atoms with van der Waals surface area (Å²) in [6.07, 6.45) is 15.3. The normalized spacial score (nSPS) is 21.5. The van der Waals surface area contributed by atoms with Gasteiger partial charge in [-0.25, -0.2) is 0 Å². The van der Waals surface area contributed by atoms with Gasteiger partial charge >= 0.3 is 0 Å². The van der Waals surface area contributed by atoms with Gasteiger partial charge in [0.05, 0.1) is 11.6 Å². The number of hydrogen-bond acceptors (Lipinski definition) is 5. The third kappa shape index (κ3) is 7.53. The fourth-order valence-electron chi connectivity index (χ4n) is 4.73. The maximum absolute atomic E-state index is 13.6. The Hall–Kier alpha value is -1.47. The second kappa shape index (κ2) is 12.9. The van der Waals surface area contributed by atoms with Crippen LogP contribution in [0.2, 0.25) is 0 Å². The minimum absolute atomic E-state index is 0.0787. The molecule has 1 aromatic carbocycles. The number of amides is 1. The van der Waals surface area contributed by atoms with Crippen molar-refractivity contribution >= 4 is 35.0 Å². The van der Waals surface area contributed by atoms with Crippen molar-refractivity contribution in [3.63, 3.8) is 0 Å². The standard InChI is InChI=1S/C30H41NO3S2/c1-3-4-9-28(35-19-21(2)30(34,20-32)24-12-13-24)31-29(33)27(18-22-7-5-6-8-22)23-10-14-25(15-11-23)36-26-16-17-26/h9-11,14-15,18-19,22,24,26,32,34H,3-8,12-13,16-17,20H2,1-2H3,(H,31,33)/b21-19+,27-18+,28-9+. The number of allylic oxidation sites excluding steroid dienone is 2. The Labute approximate surface area is 225 Å². The number of aliphatic hydroxyl groups excluding tert-OH is 1. The lowest BCUT2D eigenvalue weighted by molar-refractivity contribution is -0.114. The molecule has 4 rings (SSSR count). The van der Waals surface area contributed by atoms with Crippen molar-refractivity contribution in [2.24, 2.45) is 11.8 Å². The molecule has 0 bridgehead atoms. The SMILES string of the molecule is CCC/C=C(\NC(=O)/C(=C/C1CCCC1)c1ccc(SC2CC2)cc1)S/C=C(\C)C(O)(CO)C1CC1. The van der Waals surface area contributed by atoms with Crippen molar-refractivity contribution in [1.29, 1.82) is 0 Å². The van der Waals surface area contributed by atoms with Crippen LogP contribution in [0.3, 0.4) is 0 Å². The molecule has 0 heterocycles. The minimum atomic E-state index is -1.17. The van der Waals surface area contributed by atoms with Crippen LogP contribution in [-0.2, 0) is 4.79 Å². The van der Waals surface area contributed by atoms with Gasteiger partial charge in [-0.3, -0.25) is 4.79 Å². The third-order valence-electron chi connectivity index (χ3n) is 7.43. The van der Waals surface area contributed by atoms with E-state index in [1.807, 2.05) is 24.1 Å². The van der Waals surface area contributed by atoms with E-state index in [-0.39, 0.29) is 18.4 Å². The summed E-state index contributed by atoms with van der Waals surface area (Å²) in [5.74, 6) is 0.492. The number of carbonyl (C=O) groups excluding carboxylic acids is 1. The lowest BCUT2D eigenvalue weighted by atomic mass is 9.92. The monoisotopic (exact) mass is 527 g/mol. The summed E-state index contributed by atoms with van der Waals surface area (Å²) in [7, 11) is 0. The summed E-state index contributed by atoms with van der Waals surface area (Å²) in [6, 6.07) is 8.48. The summed E-state index contributed by atoms with van der Waals surface area (Å²) in [5.41, 5.74) is 1.30. The van der Waals surface area contributed by atoms with E-state index in [1.165, 1.54) is 42.3 Å². The second-order valence-electron chi connectivity index (χ2n) is 10.6. The number of thioether (sulfide) groups is 2. The summed E-state index contributed by atoms with van der Waals surface area (Å²) in [4.78, 5) is 14.9. The molecule has 3 aliphatic rings. The number of carbonyl (C=O) groups is 1. The molecule has 0 aromatic heterocycles. The highest BCUT2D eigenvalue weighted by Crippen LogP contribution is 2.44. The predicted molar refractivity (Wildman–Crippen MR) is 152 cm³/mol. The predicted octanol–water partition coefficient (Wildman–Crippen LogP) is 7.04. The Morgan fingerprint density at radius 1 is 1.11 bits per heavy atom. The van der Waals surface area contributed by atoms with Gasteiger partial charge in [0.15, 0.2) is 0 Å². The molecule has 4 nitrogen and oxygen atoms in total. The van der Waals surface area contributed by atoms with Crippen LogP contribution in [-0.4, -0.2) is 33.6 Å². The van der Waals surface area contributed by atoms with Gasteiger partial charge < -0.3 is 15.5 Å². The van der Waals surface area contributed by atoms with Crippen molar-refractivity contribution in [2.45, 2.75) is 93.8 Å². The van der Waals surface area contributed by atoms with Crippen LogP contribution in [0.1, 0.15) is 83.6 Å². The lowest BCUT2D eigenvalue weighted by Crippen LogP contribution is -2.37. The van der Waals surface area contributed by atoms with Gasteiger partial charge in [0, 0.05) is 15.7 Å². The molecule has 0 radical (unpaired) electrons. The fourth-order valence-corrected chi connectivity index (χ4v) is 6.65. The van der Waals surface area contributed by atoms with Crippen LogP contribution in [0, 0.1) is 11.8 Å². The Morgan fingerprint density at radius 3 is 2.39 bits per heavy atom. The van der Waals surface area contributed by atoms with Gasteiger partial charge in [0.2, 0.25) is 0 Å². The molecule has 0 aliphatic heterocycles. The molecule has 3 fully saturated rings. The van der Waals surface area contributed by atoms with E-state index in [2.05, 4.69) is 48.7 Å². The summed E-state index contributed by atoms with van der Waals surface area (Å²) in [5, 5.41) is 27.4. The summed E-state index contributed by atoms with van der Waals surface area (Å²) >= 11 is 3.36. The zero-order valence-electron chi connectivity index (χ0n) is 21.7. The number of rotatable bonds is 13. The highest BCUT2D eigenvalue weighted by molar-refractivity contribution is 8.05. The first-order valence-corrected chi connectivity index (χ1v) is 15.4.